The van der Waals surface area contributed by atoms with Crippen LogP contribution < -0.4 is 4.90 Å². The molecule has 0 saturated carbocycles. The van der Waals surface area contributed by atoms with Gasteiger partial charge in [0.05, 0.1) is 17.8 Å². The van der Waals surface area contributed by atoms with Gasteiger partial charge in [-0.1, -0.05) is 78.9 Å². The Labute approximate surface area is 206 Å². The molecule has 1 spiro atoms. The maximum absolute atomic E-state index is 14.2. The highest BCUT2D eigenvalue weighted by molar-refractivity contribution is 6.22. The van der Waals surface area contributed by atoms with Crippen LogP contribution in [0.4, 0.5) is 10.5 Å². The number of hydrogen-bond acceptors (Lipinski definition) is 4. The number of rotatable bonds is 4. The van der Waals surface area contributed by atoms with E-state index in [1.54, 1.807) is 17.0 Å². The monoisotopic (exact) mass is 469 g/mol. The summed E-state index contributed by atoms with van der Waals surface area (Å²) < 4.78 is 0. The predicted octanol–water partition coefficient (Wildman–Crippen LogP) is 6.09. The molecular weight excluding hydrogens is 438 g/mol. The van der Waals surface area contributed by atoms with E-state index in [0.717, 1.165) is 11.1 Å². The number of urea groups is 1. The normalized spacial score (nSPS) is 23.9. The quantitative estimate of drug-likeness (QED) is 0.434. The molecule has 5 rings (SSSR count). The van der Waals surface area contributed by atoms with Crippen LogP contribution in [0.5, 0.6) is 0 Å². The van der Waals surface area contributed by atoms with Crippen LogP contribution in [0.2, 0.25) is 0 Å². The Morgan fingerprint density at radius 2 is 1.40 bits per heavy atom. The molecule has 2 aliphatic rings. The standard InChI is InChI=1S/C29H31N3O3/c1-21(22-14-8-5-9-15-22)31-27(34)30(24-18-12-7-13-19-24)26(33)29(31)20-25(23-16-10-6-11-17-23)32(35-29)28(2,3)4/h5-19,21,25H,20H2,1-4H3/t21-,25?,29?/m0/s1. The van der Waals surface area contributed by atoms with Crippen LogP contribution in [0.25, 0.3) is 0 Å². The zero-order valence-corrected chi connectivity index (χ0v) is 20.6. The van der Waals surface area contributed by atoms with Crippen LogP contribution in [-0.2, 0) is 9.63 Å². The van der Waals surface area contributed by atoms with Gasteiger partial charge in [0.15, 0.2) is 0 Å². The molecule has 0 N–H and O–H groups in total. The summed E-state index contributed by atoms with van der Waals surface area (Å²) in [5, 5.41) is 1.90. The minimum atomic E-state index is -1.46. The van der Waals surface area contributed by atoms with Gasteiger partial charge in [0, 0.05) is 12.0 Å². The number of imide groups is 1. The van der Waals surface area contributed by atoms with E-state index in [-0.39, 0.29) is 24.0 Å². The van der Waals surface area contributed by atoms with E-state index >= 15 is 0 Å². The van der Waals surface area contributed by atoms with Gasteiger partial charge >= 0.3 is 6.03 Å². The molecule has 0 aromatic heterocycles. The van der Waals surface area contributed by atoms with Gasteiger partial charge in [-0.3, -0.25) is 14.5 Å². The molecule has 3 aromatic carbocycles. The Kier molecular flexibility index (Phi) is 5.74. The largest absolute Gasteiger partial charge is 0.334 e. The lowest BCUT2D eigenvalue weighted by Crippen LogP contribution is -2.52. The van der Waals surface area contributed by atoms with Crippen LogP contribution in [0.1, 0.15) is 57.3 Å². The number of para-hydroxylation sites is 1. The molecule has 0 radical (unpaired) electrons. The van der Waals surface area contributed by atoms with Crippen molar-refractivity contribution in [1.29, 1.82) is 0 Å². The number of carbonyl (C=O) groups is 2. The summed E-state index contributed by atoms with van der Waals surface area (Å²) in [6, 6.07) is 28.0. The minimum Gasteiger partial charge on any atom is -0.279 e. The van der Waals surface area contributed by atoms with Crippen molar-refractivity contribution in [1.82, 2.24) is 9.96 Å². The summed E-state index contributed by atoms with van der Waals surface area (Å²) in [7, 11) is 0. The van der Waals surface area contributed by atoms with E-state index in [0.29, 0.717) is 12.1 Å². The van der Waals surface area contributed by atoms with E-state index < -0.39 is 11.3 Å². The van der Waals surface area contributed by atoms with Crippen LogP contribution >= 0.6 is 0 Å². The first-order valence-electron chi connectivity index (χ1n) is 12.1. The molecule has 6 heteroatoms. The molecular formula is C29H31N3O3. The second-order valence-electron chi connectivity index (χ2n) is 10.2. The third-order valence-electron chi connectivity index (χ3n) is 6.86. The van der Waals surface area contributed by atoms with Crippen molar-refractivity contribution in [3.63, 3.8) is 0 Å². The fourth-order valence-corrected chi connectivity index (χ4v) is 5.20. The Bertz CT molecular complexity index is 1210. The Balaban J connectivity index is 1.66. The zero-order valence-electron chi connectivity index (χ0n) is 20.6. The molecule has 3 aromatic rings. The summed E-state index contributed by atoms with van der Waals surface area (Å²) in [6.07, 6.45) is 0.333. The Morgan fingerprint density at radius 3 is 1.97 bits per heavy atom. The molecule has 2 fully saturated rings. The molecule has 2 heterocycles. The fraction of sp³-hybridized carbons (Fsp3) is 0.310. The van der Waals surface area contributed by atoms with E-state index in [1.165, 1.54) is 4.90 Å². The van der Waals surface area contributed by atoms with Gasteiger partial charge in [-0.05, 0) is 51.0 Å². The van der Waals surface area contributed by atoms with Crippen molar-refractivity contribution in [2.45, 2.75) is 57.5 Å². The van der Waals surface area contributed by atoms with Crippen molar-refractivity contribution in [2.24, 2.45) is 0 Å². The first-order chi connectivity index (χ1) is 16.7. The summed E-state index contributed by atoms with van der Waals surface area (Å²) in [4.78, 5) is 37.9. The zero-order chi connectivity index (χ0) is 24.8. The van der Waals surface area contributed by atoms with Crippen LogP contribution in [0, 0.1) is 0 Å². The summed E-state index contributed by atoms with van der Waals surface area (Å²) in [5.41, 5.74) is 0.659. The van der Waals surface area contributed by atoms with Gasteiger partial charge in [-0.15, -0.1) is 0 Å². The second kappa shape index (κ2) is 8.63. The van der Waals surface area contributed by atoms with E-state index in [9.17, 15) is 9.59 Å². The Morgan fingerprint density at radius 1 is 0.857 bits per heavy atom. The maximum atomic E-state index is 14.2. The average Bonchev–Trinajstić information content (AvgIpc) is 3.37. The molecule has 0 aliphatic carbocycles. The number of benzene rings is 3. The summed E-state index contributed by atoms with van der Waals surface area (Å²) in [6.45, 7) is 8.13. The highest BCUT2D eigenvalue weighted by Gasteiger charge is 2.67. The lowest BCUT2D eigenvalue weighted by molar-refractivity contribution is -0.268. The van der Waals surface area contributed by atoms with Crippen LogP contribution in [0.15, 0.2) is 91.0 Å². The predicted molar refractivity (Wildman–Crippen MR) is 135 cm³/mol. The highest BCUT2D eigenvalue weighted by atomic mass is 16.7. The van der Waals surface area contributed by atoms with E-state index in [4.69, 9.17) is 4.84 Å². The molecule has 2 unspecified atom stereocenters. The molecule has 3 amide bonds. The summed E-state index contributed by atoms with van der Waals surface area (Å²) in [5.74, 6) is -0.357. The number of hydrogen-bond donors (Lipinski definition) is 0. The fourth-order valence-electron chi connectivity index (χ4n) is 5.20. The van der Waals surface area contributed by atoms with Gasteiger partial charge in [-0.25, -0.2) is 9.69 Å². The number of carbonyl (C=O) groups excluding carboxylic acids is 2. The van der Waals surface area contributed by atoms with Crippen LogP contribution in [0.3, 0.4) is 0 Å². The molecule has 180 valence electrons. The van der Waals surface area contributed by atoms with Gasteiger partial charge in [0.1, 0.15) is 0 Å². The van der Waals surface area contributed by atoms with Gasteiger partial charge in [0.25, 0.3) is 5.91 Å². The van der Waals surface area contributed by atoms with E-state index in [1.807, 2.05) is 90.8 Å². The molecule has 2 aliphatic heterocycles. The van der Waals surface area contributed by atoms with Gasteiger partial charge in [0.2, 0.25) is 5.72 Å². The van der Waals surface area contributed by atoms with Crippen molar-refractivity contribution in [3.05, 3.63) is 102 Å². The van der Waals surface area contributed by atoms with Crippen molar-refractivity contribution in [2.75, 3.05) is 4.90 Å². The highest BCUT2D eigenvalue weighted by Crippen LogP contribution is 2.52. The molecule has 3 atom stereocenters. The first kappa shape index (κ1) is 23.3. The van der Waals surface area contributed by atoms with E-state index in [2.05, 4.69) is 20.8 Å². The third-order valence-corrected chi connectivity index (χ3v) is 6.86. The van der Waals surface area contributed by atoms with Gasteiger partial charge < -0.3 is 0 Å². The molecule has 6 nitrogen and oxygen atoms in total. The number of anilines is 1. The Hall–Kier alpha value is -3.48. The first-order valence-corrected chi connectivity index (χ1v) is 12.1. The topological polar surface area (TPSA) is 53.1 Å². The smallest absolute Gasteiger partial charge is 0.279 e. The summed E-state index contributed by atoms with van der Waals surface area (Å²) >= 11 is 0. The van der Waals surface area contributed by atoms with Crippen molar-refractivity contribution in [3.8, 4) is 0 Å². The SMILES string of the molecule is C[C@@H](c1ccccc1)N1C(=O)N(c2ccccc2)C(=O)C12CC(c1ccccc1)N(C(C)(C)C)O2. The maximum Gasteiger partial charge on any atom is 0.334 e. The van der Waals surface area contributed by atoms with Crippen molar-refractivity contribution < 1.29 is 14.4 Å². The number of hydroxylamine groups is 2. The van der Waals surface area contributed by atoms with Gasteiger partial charge in [-0.2, -0.15) is 5.06 Å². The van der Waals surface area contributed by atoms with Crippen molar-refractivity contribution >= 4 is 17.6 Å². The minimum absolute atomic E-state index is 0.200. The van der Waals surface area contributed by atoms with Crippen LogP contribution in [-0.4, -0.2) is 33.2 Å². The molecule has 2 saturated heterocycles. The molecule has 0 bridgehead atoms. The lowest BCUT2D eigenvalue weighted by atomic mass is 9.93. The average molecular weight is 470 g/mol. The lowest BCUT2D eigenvalue weighted by Gasteiger charge is -2.38. The molecule has 35 heavy (non-hydrogen) atoms. The second-order valence-corrected chi connectivity index (χ2v) is 10.2. The number of nitrogens with zero attached hydrogens (tertiary/aromatic N) is 3. The third kappa shape index (κ3) is 3.83. The number of amides is 3.